The van der Waals surface area contributed by atoms with Crippen molar-refractivity contribution < 1.29 is 56.8 Å². The van der Waals surface area contributed by atoms with Crippen molar-refractivity contribution in [2.45, 2.75) is 25.7 Å². The highest BCUT2D eigenvalue weighted by Crippen LogP contribution is 2.01. The standard InChI is InChI=1S/C29H59ClO12/c1-31-8-9-33-12-13-35-16-17-37-20-21-39-24-25-41-28-29-42-27-26-40-23-22-38-19-18-36-15-14-34-11-10-32-7-5-3-2-4-6-30/h2-29H2,1H3. The number of halogens is 1. The lowest BCUT2D eigenvalue weighted by atomic mass is 10.2. The van der Waals surface area contributed by atoms with Crippen LogP contribution in [-0.4, -0.2) is 165 Å². The van der Waals surface area contributed by atoms with Gasteiger partial charge in [0, 0.05) is 19.6 Å². The molecule has 0 aliphatic carbocycles. The topological polar surface area (TPSA) is 111 Å². The molecule has 0 heterocycles. The first-order valence-electron chi connectivity index (χ1n) is 15.3. The SMILES string of the molecule is COCCOCCOCCOCCOCCOCCOCCOCCOCCOCCOCCOCCCCCCCl. The first-order valence-corrected chi connectivity index (χ1v) is 15.8. The first-order chi connectivity index (χ1) is 20.9. The normalized spacial score (nSPS) is 11.6. The highest BCUT2D eigenvalue weighted by atomic mass is 35.5. The molecule has 0 spiro atoms. The summed E-state index contributed by atoms with van der Waals surface area (Å²) >= 11 is 5.65. The summed E-state index contributed by atoms with van der Waals surface area (Å²) in [6.07, 6.45) is 4.50. The van der Waals surface area contributed by atoms with E-state index in [0.717, 1.165) is 25.3 Å². The summed E-state index contributed by atoms with van der Waals surface area (Å²) in [5.74, 6) is 0.745. The second kappa shape index (κ2) is 40.8. The predicted molar refractivity (Wildman–Crippen MR) is 160 cm³/mol. The van der Waals surface area contributed by atoms with E-state index in [0.29, 0.717) is 145 Å². The average molecular weight is 635 g/mol. The van der Waals surface area contributed by atoms with Crippen LogP contribution < -0.4 is 0 Å². The summed E-state index contributed by atoms with van der Waals surface area (Å²) < 4.78 is 64.8. The molecule has 42 heavy (non-hydrogen) atoms. The molecule has 0 bridgehead atoms. The van der Waals surface area contributed by atoms with Crippen molar-refractivity contribution in [3.8, 4) is 0 Å². The molecule has 0 radical (unpaired) electrons. The number of alkyl halides is 1. The van der Waals surface area contributed by atoms with Gasteiger partial charge in [0.25, 0.3) is 0 Å². The van der Waals surface area contributed by atoms with Gasteiger partial charge in [0.1, 0.15) is 0 Å². The lowest BCUT2D eigenvalue weighted by molar-refractivity contribution is -0.0280. The zero-order chi connectivity index (χ0) is 30.3. The summed E-state index contributed by atoms with van der Waals surface area (Å²) in [6.45, 7) is 12.7. The molecule has 0 saturated carbocycles. The third kappa shape index (κ3) is 39.8. The van der Waals surface area contributed by atoms with Crippen molar-refractivity contribution >= 4 is 11.6 Å². The van der Waals surface area contributed by atoms with Crippen molar-refractivity contribution in [2.24, 2.45) is 0 Å². The molecule has 254 valence electrons. The predicted octanol–water partition coefficient (Wildman–Crippen LogP) is 2.61. The van der Waals surface area contributed by atoms with Crippen LogP contribution in [0, 0.1) is 0 Å². The smallest absolute Gasteiger partial charge is 0.0701 e. The Morgan fingerprint density at radius 2 is 0.476 bits per heavy atom. The van der Waals surface area contributed by atoms with E-state index < -0.39 is 0 Å². The lowest BCUT2D eigenvalue weighted by Gasteiger charge is -2.09. The molecule has 0 aromatic rings. The number of hydrogen-bond acceptors (Lipinski definition) is 12. The van der Waals surface area contributed by atoms with Crippen molar-refractivity contribution in [3.63, 3.8) is 0 Å². The molecule has 0 rings (SSSR count). The third-order valence-electron chi connectivity index (χ3n) is 5.32. The van der Waals surface area contributed by atoms with E-state index in [4.69, 9.17) is 68.4 Å². The molecular weight excluding hydrogens is 576 g/mol. The van der Waals surface area contributed by atoms with Crippen LogP contribution in [0.3, 0.4) is 0 Å². The highest BCUT2D eigenvalue weighted by Gasteiger charge is 1.96. The summed E-state index contributed by atoms with van der Waals surface area (Å²) in [5.41, 5.74) is 0. The van der Waals surface area contributed by atoms with Gasteiger partial charge in [-0.25, -0.2) is 0 Å². The van der Waals surface area contributed by atoms with Gasteiger partial charge in [0.15, 0.2) is 0 Å². The minimum absolute atomic E-state index is 0.518. The zero-order valence-corrected chi connectivity index (χ0v) is 26.8. The van der Waals surface area contributed by atoms with Gasteiger partial charge in [-0.3, -0.25) is 0 Å². The fraction of sp³-hybridized carbons (Fsp3) is 1.00. The Bertz CT molecular complexity index is 428. The molecule has 0 atom stereocenters. The van der Waals surface area contributed by atoms with E-state index >= 15 is 0 Å². The molecule has 0 aromatic carbocycles. The number of ether oxygens (including phenoxy) is 12. The zero-order valence-electron chi connectivity index (χ0n) is 26.1. The lowest BCUT2D eigenvalue weighted by Crippen LogP contribution is -2.15. The number of unbranched alkanes of at least 4 members (excludes halogenated alkanes) is 3. The molecule has 0 amide bonds. The highest BCUT2D eigenvalue weighted by molar-refractivity contribution is 6.17. The van der Waals surface area contributed by atoms with Gasteiger partial charge in [-0.15, -0.1) is 11.6 Å². The van der Waals surface area contributed by atoms with Gasteiger partial charge in [-0.1, -0.05) is 12.8 Å². The van der Waals surface area contributed by atoms with Crippen LogP contribution in [0.4, 0.5) is 0 Å². The van der Waals surface area contributed by atoms with E-state index in [1.807, 2.05) is 0 Å². The summed E-state index contributed by atoms with van der Waals surface area (Å²) in [5, 5.41) is 0. The average Bonchev–Trinajstić information content (AvgIpc) is 3.00. The number of hydrogen-bond donors (Lipinski definition) is 0. The molecule has 0 aliphatic heterocycles. The van der Waals surface area contributed by atoms with E-state index in [-0.39, 0.29) is 0 Å². The Hall–Kier alpha value is -0.190. The van der Waals surface area contributed by atoms with Gasteiger partial charge in [0.2, 0.25) is 0 Å². The van der Waals surface area contributed by atoms with Crippen LogP contribution in [0.1, 0.15) is 25.7 Å². The largest absolute Gasteiger partial charge is 0.382 e. The van der Waals surface area contributed by atoms with E-state index in [2.05, 4.69) is 0 Å². The maximum absolute atomic E-state index is 5.65. The van der Waals surface area contributed by atoms with Crippen molar-refractivity contribution in [1.29, 1.82) is 0 Å². The maximum atomic E-state index is 5.65. The Balaban J connectivity index is 3.02. The molecule has 12 nitrogen and oxygen atoms in total. The molecule has 0 aliphatic rings. The van der Waals surface area contributed by atoms with Gasteiger partial charge < -0.3 is 56.8 Å². The molecule has 0 aromatic heterocycles. The monoisotopic (exact) mass is 634 g/mol. The maximum Gasteiger partial charge on any atom is 0.0701 e. The van der Waals surface area contributed by atoms with Gasteiger partial charge in [0.05, 0.1) is 145 Å². The Morgan fingerprint density at radius 3 is 0.714 bits per heavy atom. The molecule has 0 saturated heterocycles. The summed E-state index contributed by atoms with van der Waals surface area (Å²) in [6, 6.07) is 0. The van der Waals surface area contributed by atoms with Crippen LogP contribution >= 0.6 is 11.6 Å². The summed E-state index contributed by atoms with van der Waals surface area (Å²) in [7, 11) is 1.65. The van der Waals surface area contributed by atoms with E-state index in [1.54, 1.807) is 7.11 Å². The van der Waals surface area contributed by atoms with Crippen molar-refractivity contribution in [3.05, 3.63) is 0 Å². The Kier molecular flexibility index (Phi) is 40.6. The van der Waals surface area contributed by atoms with Crippen LogP contribution in [0.15, 0.2) is 0 Å². The third-order valence-corrected chi connectivity index (χ3v) is 5.59. The number of rotatable bonds is 39. The molecule has 0 N–H and O–H groups in total. The molecule has 13 heteroatoms. The number of methoxy groups -OCH3 is 1. The van der Waals surface area contributed by atoms with E-state index in [9.17, 15) is 0 Å². The van der Waals surface area contributed by atoms with Crippen LogP contribution in [-0.2, 0) is 56.8 Å². The molecule has 0 unspecified atom stereocenters. The van der Waals surface area contributed by atoms with Crippen molar-refractivity contribution in [2.75, 3.05) is 165 Å². The first kappa shape index (κ1) is 41.8. The Labute approximate surface area is 259 Å². The van der Waals surface area contributed by atoms with Gasteiger partial charge in [-0.2, -0.15) is 0 Å². The molecular formula is C29H59ClO12. The van der Waals surface area contributed by atoms with E-state index in [1.165, 1.54) is 12.8 Å². The van der Waals surface area contributed by atoms with Crippen molar-refractivity contribution in [1.82, 2.24) is 0 Å². The second-order valence-corrected chi connectivity index (χ2v) is 9.21. The minimum Gasteiger partial charge on any atom is -0.382 e. The fourth-order valence-electron chi connectivity index (χ4n) is 3.10. The molecule has 0 fully saturated rings. The van der Waals surface area contributed by atoms with Crippen LogP contribution in [0.2, 0.25) is 0 Å². The Morgan fingerprint density at radius 1 is 0.262 bits per heavy atom. The quantitative estimate of drug-likeness (QED) is 0.0732. The van der Waals surface area contributed by atoms with Crippen LogP contribution in [0.25, 0.3) is 0 Å². The fourth-order valence-corrected chi connectivity index (χ4v) is 3.28. The van der Waals surface area contributed by atoms with Gasteiger partial charge >= 0.3 is 0 Å². The van der Waals surface area contributed by atoms with Gasteiger partial charge in [-0.05, 0) is 12.8 Å². The summed E-state index contributed by atoms with van der Waals surface area (Å²) in [4.78, 5) is 0. The second-order valence-electron chi connectivity index (χ2n) is 8.83. The van der Waals surface area contributed by atoms with Crippen LogP contribution in [0.5, 0.6) is 0 Å². The minimum atomic E-state index is 0.518.